The molecule has 2 unspecified atom stereocenters. The van der Waals surface area contributed by atoms with Crippen LogP contribution in [0.25, 0.3) is 0 Å². The highest BCUT2D eigenvalue weighted by molar-refractivity contribution is 4.85. The summed E-state index contributed by atoms with van der Waals surface area (Å²) in [7, 11) is 0. The third-order valence-corrected chi connectivity index (χ3v) is 5.28. The zero-order valence-corrected chi connectivity index (χ0v) is 15.5. The summed E-state index contributed by atoms with van der Waals surface area (Å²) in [6, 6.07) is 0. The Morgan fingerprint density at radius 1 is 0.741 bits per heavy atom. The Balaban J connectivity index is 1.48. The molecule has 3 fully saturated rings. The first-order chi connectivity index (χ1) is 12.7. The molecule has 0 amide bonds. The minimum Gasteiger partial charge on any atom is -0.390 e. The second-order valence-corrected chi connectivity index (χ2v) is 7.50. The number of aliphatic hydroxyl groups is 5. The fourth-order valence-electron chi connectivity index (χ4n) is 3.67. The van der Waals surface area contributed by atoms with Crippen molar-refractivity contribution in [3.8, 4) is 0 Å². The summed E-state index contributed by atoms with van der Waals surface area (Å²) in [6.07, 6.45) is -8.45. The van der Waals surface area contributed by atoms with E-state index in [4.69, 9.17) is 23.7 Å². The Labute approximate surface area is 157 Å². The average Bonchev–Trinajstić information content (AvgIpc) is 2.58. The van der Waals surface area contributed by atoms with Gasteiger partial charge < -0.3 is 49.2 Å². The van der Waals surface area contributed by atoms with Gasteiger partial charge in [-0.25, -0.2) is 0 Å². The molecule has 0 aliphatic carbocycles. The quantitative estimate of drug-likeness (QED) is 0.370. The molecule has 10 nitrogen and oxygen atoms in total. The standard InChI is InChI=1S/C17H30O10/c1-7-16(22)10(19)5-15(25-7)26-12-6-23-14(4-9(12)18)27-17-8(2)24-13(21)3-11(17)20/h7-22H,3-6H2,1-2H3/t7?,8?,9-,10-,11-,12-,13-,14+,15+,16-,17-/m1/s1. The van der Waals surface area contributed by atoms with Gasteiger partial charge in [0.2, 0.25) is 0 Å². The average molecular weight is 394 g/mol. The topological polar surface area (TPSA) is 147 Å². The second kappa shape index (κ2) is 8.95. The Bertz CT molecular complexity index is 455. The molecule has 158 valence electrons. The van der Waals surface area contributed by atoms with Gasteiger partial charge >= 0.3 is 0 Å². The van der Waals surface area contributed by atoms with Gasteiger partial charge in [0.15, 0.2) is 18.9 Å². The molecule has 0 bridgehead atoms. The number of hydrogen-bond acceptors (Lipinski definition) is 10. The van der Waals surface area contributed by atoms with E-state index in [1.165, 1.54) is 0 Å². The van der Waals surface area contributed by atoms with Crippen LogP contribution in [0.4, 0.5) is 0 Å². The zero-order valence-electron chi connectivity index (χ0n) is 15.5. The molecule has 3 aliphatic rings. The lowest BCUT2D eigenvalue weighted by atomic mass is 10.0. The van der Waals surface area contributed by atoms with E-state index in [9.17, 15) is 25.5 Å². The van der Waals surface area contributed by atoms with Crippen LogP contribution in [0.15, 0.2) is 0 Å². The lowest BCUT2D eigenvalue weighted by molar-refractivity contribution is -0.317. The van der Waals surface area contributed by atoms with Gasteiger partial charge in [0.1, 0.15) is 18.3 Å². The van der Waals surface area contributed by atoms with Gasteiger partial charge in [-0.2, -0.15) is 0 Å². The van der Waals surface area contributed by atoms with Crippen molar-refractivity contribution in [1.29, 1.82) is 0 Å². The zero-order chi connectivity index (χ0) is 19.7. The van der Waals surface area contributed by atoms with E-state index in [0.29, 0.717) is 0 Å². The first kappa shape index (κ1) is 21.3. The third-order valence-electron chi connectivity index (χ3n) is 5.28. The Morgan fingerprint density at radius 3 is 2.07 bits per heavy atom. The summed E-state index contributed by atoms with van der Waals surface area (Å²) in [4.78, 5) is 0. The molecular weight excluding hydrogens is 364 g/mol. The van der Waals surface area contributed by atoms with Crippen LogP contribution < -0.4 is 0 Å². The molecule has 0 aromatic carbocycles. The van der Waals surface area contributed by atoms with Gasteiger partial charge in [-0.15, -0.1) is 0 Å². The van der Waals surface area contributed by atoms with Crippen LogP contribution in [0.2, 0.25) is 0 Å². The van der Waals surface area contributed by atoms with Crippen molar-refractivity contribution in [2.75, 3.05) is 6.61 Å². The normalized spacial score (nSPS) is 51.9. The minimum absolute atomic E-state index is 0.0411. The lowest BCUT2D eigenvalue weighted by Gasteiger charge is -2.42. The molecule has 11 atom stereocenters. The van der Waals surface area contributed by atoms with Gasteiger partial charge in [-0.3, -0.25) is 0 Å². The van der Waals surface area contributed by atoms with Crippen LogP contribution in [0.5, 0.6) is 0 Å². The predicted octanol–water partition coefficient (Wildman–Crippen LogP) is -1.79. The van der Waals surface area contributed by atoms with E-state index in [0.717, 1.165) is 0 Å². The van der Waals surface area contributed by atoms with Crippen LogP contribution in [0.3, 0.4) is 0 Å². The summed E-state index contributed by atoms with van der Waals surface area (Å²) < 4.78 is 27.8. The first-order valence-electron chi connectivity index (χ1n) is 9.38. The largest absolute Gasteiger partial charge is 0.390 e. The maximum absolute atomic E-state index is 10.4. The molecule has 3 heterocycles. The molecule has 0 radical (unpaired) electrons. The number of rotatable bonds is 4. The van der Waals surface area contributed by atoms with Crippen molar-refractivity contribution in [3.05, 3.63) is 0 Å². The molecule has 3 aliphatic heterocycles. The lowest BCUT2D eigenvalue weighted by Crippen LogP contribution is -2.54. The first-order valence-corrected chi connectivity index (χ1v) is 9.38. The van der Waals surface area contributed by atoms with Crippen LogP contribution in [-0.4, -0.2) is 99.8 Å². The fourth-order valence-corrected chi connectivity index (χ4v) is 3.67. The van der Waals surface area contributed by atoms with Crippen LogP contribution >= 0.6 is 0 Å². The summed E-state index contributed by atoms with van der Waals surface area (Å²) in [5.74, 6) is 0. The van der Waals surface area contributed by atoms with Crippen molar-refractivity contribution < 1.29 is 49.2 Å². The molecular formula is C17H30O10. The van der Waals surface area contributed by atoms with E-state index in [2.05, 4.69) is 0 Å². The number of hydrogen-bond donors (Lipinski definition) is 5. The van der Waals surface area contributed by atoms with Crippen LogP contribution in [0, 0.1) is 0 Å². The molecule has 3 rings (SSSR count). The maximum atomic E-state index is 10.4. The van der Waals surface area contributed by atoms with Crippen molar-refractivity contribution >= 4 is 0 Å². The Morgan fingerprint density at radius 2 is 1.44 bits per heavy atom. The summed E-state index contributed by atoms with van der Waals surface area (Å²) in [5.41, 5.74) is 0. The van der Waals surface area contributed by atoms with Crippen molar-refractivity contribution in [2.45, 2.75) is 101 Å². The molecule has 3 saturated heterocycles. The molecule has 10 heteroatoms. The van der Waals surface area contributed by atoms with E-state index in [-0.39, 0.29) is 25.9 Å². The maximum Gasteiger partial charge on any atom is 0.161 e. The SMILES string of the molecule is CC1O[C@@H](O[C@@H]2CO[C@@H](O[C@@H]3C(C)O[C@@H](O)C[C@H]3O)C[C@H]2O)C[C@@H](O)[C@@H]1O. The van der Waals surface area contributed by atoms with E-state index in [1.54, 1.807) is 13.8 Å². The third kappa shape index (κ3) is 5.15. The van der Waals surface area contributed by atoms with Crippen molar-refractivity contribution in [2.24, 2.45) is 0 Å². The minimum atomic E-state index is -1.03. The summed E-state index contributed by atoms with van der Waals surface area (Å²) in [6.45, 7) is 3.36. The highest BCUT2D eigenvalue weighted by Crippen LogP contribution is 2.28. The molecule has 27 heavy (non-hydrogen) atoms. The van der Waals surface area contributed by atoms with Gasteiger partial charge in [0, 0.05) is 19.3 Å². The summed E-state index contributed by atoms with van der Waals surface area (Å²) >= 11 is 0. The summed E-state index contributed by atoms with van der Waals surface area (Å²) in [5, 5.41) is 49.5. The van der Waals surface area contributed by atoms with Gasteiger partial charge in [0.25, 0.3) is 0 Å². The highest BCUT2D eigenvalue weighted by atomic mass is 16.7. The second-order valence-electron chi connectivity index (χ2n) is 7.50. The molecule has 0 aromatic heterocycles. The van der Waals surface area contributed by atoms with E-state index >= 15 is 0 Å². The van der Waals surface area contributed by atoms with Crippen LogP contribution in [0.1, 0.15) is 33.1 Å². The molecule has 0 saturated carbocycles. The van der Waals surface area contributed by atoms with Gasteiger partial charge in [-0.1, -0.05) is 0 Å². The van der Waals surface area contributed by atoms with E-state index < -0.39 is 67.7 Å². The molecule has 0 aromatic rings. The Kier molecular flexibility index (Phi) is 7.07. The highest BCUT2D eigenvalue weighted by Gasteiger charge is 2.42. The monoisotopic (exact) mass is 394 g/mol. The molecule has 0 spiro atoms. The van der Waals surface area contributed by atoms with Gasteiger partial charge in [-0.05, 0) is 13.8 Å². The smallest absolute Gasteiger partial charge is 0.161 e. The number of aliphatic hydroxyl groups excluding tert-OH is 5. The van der Waals surface area contributed by atoms with E-state index in [1.807, 2.05) is 0 Å². The van der Waals surface area contributed by atoms with Crippen molar-refractivity contribution in [1.82, 2.24) is 0 Å². The Hall–Kier alpha value is -0.400. The predicted molar refractivity (Wildman–Crippen MR) is 88.3 cm³/mol. The molecule has 5 N–H and O–H groups in total. The van der Waals surface area contributed by atoms with Gasteiger partial charge in [0.05, 0.1) is 37.1 Å². The van der Waals surface area contributed by atoms with Crippen LogP contribution in [-0.2, 0) is 23.7 Å². The number of ether oxygens (including phenoxy) is 5. The van der Waals surface area contributed by atoms with Crippen molar-refractivity contribution in [3.63, 3.8) is 0 Å². The fraction of sp³-hybridized carbons (Fsp3) is 1.00.